The zero-order valence-corrected chi connectivity index (χ0v) is 13.5. The fourth-order valence-electron chi connectivity index (χ4n) is 2.70. The molecule has 4 nitrogen and oxygen atoms in total. The molecule has 0 fully saturated rings. The third-order valence-electron chi connectivity index (χ3n) is 4.26. The Hall–Kier alpha value is -2.95. The van der Waals surface area contributed by atoms with Gasteiger partial charge in [0, 0.05) is 12.4 Å². The summed E-state index contributed by atoms with van der Waals surface area (Å²) in [6.45, 7) is 3.43. The molecule has 0 aliphatic carbocycles. The summed E-state index contributed by atoms with van der Waals surface area (Å²) >= 11 is 0. The molecule has 3 rings (SSSR count). The molecule has 0 saturated heterocycles. The lowest BCUT2D eigenvalue weighted by Crippen LogP contribution is -2.07. The van der Waals surface area contributed by atoms with Crippen molar-refractivity contribution >= 4 is 5.97 Å². The Labute approximate surface area is 139 Å². The summed E-state index contributed by atoms with van der Waals surface area (Å²) in [5, 5.41) is 13.3. The van der Waals surface area contributed by atoms with Crippen LogP contribution in [0.15, 0.2) is 48.8 Å². The number of carboxylic acid groups (broad SMARTS) is 1. The van der Waals surface area contributed by atoms with Gasteiger partial charge in [-0.1, -0.05) is 12.1 Å². The van der Waals surface area contributed by atoms with E-state index in [2.05, 4.69) is 5.10 Å². The highest BCUT2D eigenvalue weighted by atomic mass is 19.1. The molecule has 0 aliphatic rings. The SMILES string of the molecule is Cc1c(Cc2ccc(-n3cccn3)cc2)cc(C(=O)O)c(F)c1C. The number of rotatable bonds is 4. The van der Waals surface area contributed by atoms with Crippen LogP contribution in [0.3, 0.4) is 0 Å². The fourth-order valence-corrected chi connectivity index (χ4v) is 2.70. The van der Waals surface area contributed by atoms with Crippen LogP contribution in [-0.4, -0.2) is 20.9 Å². The van der Waals surface area contributed by atoms with Gasteiger partial charge in [0.1, 0.15) is 5.82 Å². The average Bonchev–Trinajstić information content (AvgIpc) is 3.10. The number of hydrogen-bond acceptors (Lipinski definition) is 2. The van der Waals surface area contributed by atoms with E-state index in [0.29, 0.717) is 12.0 Å². The highest BCUT2D eigenvalue weighted by Gasteiger charge is 2.17. The minimum Gasteiger partial charge on any atom is -0.478 e. The maximum absolute atomic E-state index is 14.1. The Morgan fingerprint density at radius 3 is 2.50 bits per heavy atom. The van der Waals surface area contributed by atoms with Crippen molar-refractivity contribution in [2.45, 2.75) is 20.3 Å². The summed E-state index contributed by atoms with van der Waals surface area (Å²) in [7, 11) is 0. The van der Waals surface area contributed by atoms with Gasteiger partial charge in [0.2, 0.25) is 0 Å². The van der Waals surface area contributed by atoms with Gasteiger partial charge in [-0.2, -0.15) is 5.10 Å². The van der Waals surface area contributed by atoms with Crippen LogP contribution >= 0.6 is 0 Å². The van der Waals surface area contributed by atoms with Gasteiger partial charge < -0.3 is 5.11 Å². The molecule has 0 radical (unpaired) electrons. The molecule has 0 spiro atoms. The van der Waals surface area contributed by atoms with Gasteiger partial charge in [0.25, 0.3) is 0 Å². The van der Waals surface area contributed by atoms with Crippen molar-refractivity contribution in [2.24, 2.45) is 0 Å². The molecule has 0 amide bonds. The first-order chi connectivity index (χ1) is 11.5. The monoisotopic (exact) mass is 324 g/mol. The molecule has 0 aliphatic heterocycles. The molecule has 24 heavy (non-hydrogen) atoms. The summed E-state index contributed by atoms with van der Waals surface area (Å²) in [5.74, 6) is -1.90. The summed E-state index contributed by atoms with van der Waals surface area (Å²) in [4.78, 5) is 11.2. The van der Waals surface area contributed by atoms with E-state index in [1.165, 1.54) is 6.07 Å². The molecule has 3 aromatic rings. The van der Waals surface area contributed by atoms with E-state index in [-0.39, 0.29) is 5.56 Å². The lowest BCUT2D eigenvalue weighted by molar-refractivity contribution is 0.0691. The number of carboxylic acids is 1. The van der Waals surface area contributed by atoms with Crippen LogP contribution in [0.5, 0.6) is 0 Å². The van der Waals surface area contributed by atoms with Gasteiger partial charge in [0.15, 0.2) is 0 Å². The van der Waals surface area contributed by atoms with Crippen LogP contribution in [0.1, 0.15) is 32.6 Å². The molecule has 1 heterocycles. The molecule has 122 valence electrons. The third-order valence-corrected chi connectivity index (χ3v) is 4.26. The summed E-state index contributed by atoms with van der Waals surface area (Å²) in [6.07, 6.45) is 4.13. The van der Waals surface area contributed by atoms with E-state index in [9.17, 15) is 9.18 Å². The zero-order chi connectivity index (χ0) is 17.3. The molecule has 5 heteroatoms. The van der Waals surface area contributed by atoms with Gasteiger partial charge in [0.05, 0.1) is 11.3 Å². The highest BCUT2D eigenvalue weighted by molar-refractivity contribution is 5.88. The first kappa shape index (κ1) is 15.9. The van der Waals surface area contributed by atoms with Crippen molar-refractivity contribution in [3.8, 4) is 5.69 Å². The van der Waals surface area contributed by atoms with E-state index in [1.54, 1.807) is 17.8 Å². The summed E-state index contributed by atoms with van der Waals surface area (Å²) < 4.78 is 15.8. The molecule has 0 atom stereocenters. The number of hydrogen-bond donors (Lipinski definition) is 1. The standard InChI is InChI=1S/C19H17FN2O2/c1-12-13(2)18(20)17(19(23)24)11-15(12)10-14-4-6-16(7-5-14)22-9-3-8-21-22/h3-9,11H,10H2,1-2H3,(H,23,24). The minimum atomic E-state index is -1.24. The van der Waals surface area contributed by atoms with Gasteiger partial charge in [-0.05, 0) is 66.8 Å². The summed E-state index contributed by atoms with van der Waals surface area (Å²) in [5.41, 5.74) is 3.68. The van der Waals surface area contributed by atoms with Crippen molar-refractivity contribution in [3.05, 3.63) is 82.4 Å². The zero-order valence-electron chi connectivity index (χ0n) is 13.5. The molecule has 0 saturated carbocycles. The second-order valence-corrected chi connectivity index (χ2v) is 5.75. The van der Waals surface area contributed by atoms with E-state index in [4.69, 9.17) is 5.11 Å². The van der Waals surface area contributed by atoms with Crippen molar-refractivity contribution in [2.75, 3.05) is 0 Å². The Morgan fingerprint density at radius 1 is 1.21 bits per heavy atom. The Kier molecular flexibility index (Phi) is 4.16. The van der Waals surface area contributed by atoms with Gasteiger partial charge >= 0.3 is 5.97 Å². The number of nitrogens with zero attached hydrogens (tertiary/aromatic N) is 2. The van der Waals surface area contributed by atoms with Crippen LogP contribution in [0, 0.1) is 19.7 Å². The maximum atomic E-state index is 14.1. The summed E-state index contributed by atoms with van der Waals surface area (Å²) in [6, 6.07) is 11.1. The number of benzene rings is 2. The van der Waals surface area contributed by atoms with Crippen LogP contribution in [0.4, 0.5) is 4.39 Å². The molecular formula is C19H17FN2O2. The Balaban J connectivity index is 1.92. The number of carbonyl (C=O) groups is 1. The van der Waals surface area contributed by atoms with Crippen molar-refractivity contribution in [3.63, 3.8) is 0 Å². The van der Waals surface area contributed by atoms with Crippen LogP contribution < -0.4 is 0 Å². The predicted molar refractivity (Wildman–Crippen MR) is 89.2 cm³/mol. The molecule has 0 unspecified atom stereocenters. The topological polar surface area (TPSA) is 55.1 Å². The van der Waals surface area contributed by atoms with Gasteiger partial charge in [-0.3, -0.25) is 0 Å². The van der Waals surface area contributed by atoms with Gasteiger partial charge in [-0.25, -0.2) is 13.9 Å². The quantitative estimate of drug-likeness (QED) is 0.791. The molecule has 1 aromatic heterocycles. The first-order valence-corrected chi connectivity index (χ1v) is 7.58. The van der Waals surface area contributed by atoms with E-state index >= 15 is 0 Å². The lowest BCUT2D eigenvalue weighted by atomic mass is 9.94. The van der Waals surface area contributed by atoms with Gasteiger partial charge in [-0.15, -0.1) is 0 Å². The Bertz CT molecular complexity index is 885. The van der Waals surface area contributed by atoms with Crippen LogP contribution in [0.2, 0.25) is 0 Å². The van der Waals surface area contributed by atoms with E-state index in [0.717, 1.165) is 22.4 Å². The average molecular weight is 324 g/mol. The highest BCUT2D eigenvalue weighted by Crippen LogP contribution is 2.24. The first-order valence-electron chi connectivity index (χ1n) is 7.58. The fraction of sp³-hybridized carbons (Fsp3) is 0.158. The lowest BCUT2D eigenvalue weighted by Gasteiger charge is -2.13. The maximum Gasteiger partial charge on any atom is 0.338 e. The molecular weight excluding hydrogens is 307 g/mol. The number of halogens is 1. The molecule has 1 N–H and O–H groups in total. The second kappa shape index (κ2) is 6.28. The normalized spacial score (nSPS) is 10.8. The third kappa shape index (κ3) is 2.93. The van der Waals surface area contributed by atoms with Crippen molar-refractivity contribution in [1.29, 1.82) is 0 Å². The van der Waals surface area contributed by atoms with Crippen molar-refractivity contribution in [1.82, 2.24) is 9.78 Å². The minimum absolute atomic E-state index is 0.277. The van der Waals surface area contributed by atoms with Crippen LogP contribution in [0.25, 0.3) is 5.69 Å². The molecule has 2 aromatic carbocycles. The Morgan fingerprint density at radius 2 is 1.92 bits per heavy atom. The van der Waals surface area contributed by atoms with E-state index < -0.39 is 11.8 Å². The second-order valence-electron chi connectivity index (χ2n) is 5.75. The number of aromatic carboxylic acids is 1. The molecule has 0 bridgehead atoms. The largest absolute Gasteiger partial charge is 0.478 e. The van der Waals surface area contributed by atoms with Crippen LogP contribution in [-0.2, 0) is 6.42 Å². The van der Waals surface area contributed by atoms with Crippen molar-refractivity contribution < 1.29 is 14.3 Å². The van der Waals surface area contributed by atoms with E-state index in [1.807, 2.05) is 43.5 Å². The number of aromatic nitrogens is 2. The predicted octanol–water partition coefficient (Wildman–Crippen LogP) is 3.92. The smallest absolute Gasteiger partial charge is 0.338 e.